The Morgan fingerprint density at radius 2 is 1.90 bits per heavy atom. The van der Waals surface area contributed by atoms with Crippen molar-refractivity contribution >= 4 is 28.6 Å². The van der Waals surface area contributed by atoms with Crippen LogP contribution >= 0.6 is 0 Å². The number of nitrogens with zero attached hydrogens (tertiary/aromatic N) is 2. The quantitative estimate of drug-likeness (QED) is 0.844. The third-order valence-electron chi connectivity index (χ3n) is 2.74. The Bertz CT molecular complexity index is 658. The van der Waals surface area contributed by atoms with Gasteiger partial charge in [0.1, 0.15) is 0 Å². The predicted molar refractivity (Wildman–Crippen MR) is 75.3 cm³/mol. The molecule has 2 rings (SSSR count). The van der Waals surface area contributed by atoms with Crippen molar-refractivity contribution in [1.29, 1.82) is 0 Å². The molecule has 104 valence electrons. The summed E-state index contributed by atoms with van der Waals surface area (Å²) in [5.41, 5.74) is 1.79. The summed E-state index contributed by atoms with van der Waals surface area (Å²) in [5.74, 6) is -1.05. The van der Waals surface area contributed by atoms with Gasteiger partial charge in [-0.05, 0) is 42.8 Å². The monoisotopic (exact) mass is 292 g/mol. The van der Waals surface area contributed by atoms with Gasteiger partial charge < -0.3 is 5.11 Å². The van der Waals surface area contributed by atoms with Gasteiger partial charge >= 0.3 is 5.97 Å². The lowest BCUT2D eigenvalue weighted by Crippen LogP contribution is -2.20. The van der Waals surface area contributed by atoms with Gasteiger partial charge in [-0.2, -0.15) is 0 Å². The number of aromatic nitrogens is 1. The molecule has 1 aromatic carbocycles. The van der Waals surface area contributed by atoms with Crippen LogP contribution in [0.3, 0.4) is 0 Å². The largest absolute Gasteiger partial charge is 0.478 e. The van der Waals surface area contributed by atoms with E-state index in [2.05, 4.69) is 4.98 Å². The molecule has 0 saturated carbocycles. The minimum Gasteiger partial charge on any atom is -0.478 e. The lowest BCUT2D eigenvalue weighted by Gasteiger charge is -2.21. The predicted octanol–water partition coefficient (Wildman–Crippen LogP) is 2.36. The van der Waals surface area contributed by atoms with Gasteiger partial charge in [-0.15, -0.1) is 0 Å². The van der Waals surface area contributed by atoms with Crippen LogP contribution < -0.4 is 4.31 Å². The zero-order chi connectivity index (χ0) is 14.7. The van der Waals surface area contributed by atoms with Crippen LogP contribution in [0.5, 0.6) is 0 Å². The zero-order valence-electron chi connectivity index (χ0n) is 10.6. The SMILES string of the molecule is Cc1ccncc1N(c1ccc(C(=O)O)cc1)S(=O)O. The molecule has 1 atom stereocenters. The minimum atomic E-state index is -2.29. The first-order chi connectivity index (χ1) is 9.50. The van der Waals surface area contributed by atoms with Gasteiger partial charge in [-0.3, -0.25) is 9.54 Å². The van der Waals surface area contributed by atoms with Gasteiger partial charge in [0, 0.05) is 6.20 Å². The highest BCUT2D eigenvalue weighted by molar-refractivity contribution is 7.81. The summed E-state index contributed by atoms with van der Waals surface area (Å²) >= 11 is -2.29. The van der Waals surface area contributed by atoms with Crippen LogP contribution in [0.4, 0.5) is 11.4 Å². The molecule has 7 heteroatoms. The summed E-state index contributed by atoms with van der Waals surface area (Å²) in [4.78, 5) is 14.7. The van der Waals surface area contributed by atoms with Crippen LogP contribution in [0.1, 0.15) is 15.9 Å². The molecule has 0 aliphatic carbocycles. The van der Waals surface area contributed by atoms with Crippen molar-refractivity contribution in [3.05, 3.63) is 53.9 Å². The summed E-state index contributed by atoms with van der Waals surface area (Å²) in [7, 11) is 0. The summed E-state index contributed by atoms with van der Waals surface area (Å²) in [6, 6.07) is 7.43. The Kier molecular flexibility index (Phi) is 4.11. The summed E-state index contributed by atoms with van der Waals surface area (Å²) in [6.45, 7) is 1.79. The van der Waals surface area contributed by atoms with E-state index in [1.807, 2.05) is 0 Å². The summed E-state index contributed by atoms with van der Waals surface area (Å²) < 4.78 is 22.2. The molecule has 0 fully saturated rings. The number of aromatic carboxylic acids is 1. The minimum absolute atomic E-state index is 0.111. The molecule has 0 aliphatic heterocycles. The average Bonchev–Trinajstić information content (AvgIpc) is 2.41. The summed E-state index contributed by atoms with van der Waals surface area (Å²) in [5, 5.41) is 8.85. The molecule has 1 unspecified atom stereocenters. The third-order valence-corrected chi connectivity index (χ3v) is 3.46. The highest BCUT2D eigenvalue weighted by Crippen LogP contribution is 2.28. The first-order valence-corrected chi connectivity index (χ1v) is 6.72. The van der Waals surface area contributed by atoms with Crippen LogP contribution in [0.25, 0.3) is 0 Å². The van der Waals surface area contributed by atoms with Crippen molar-refractivity contribution in [3.63, 3.8) is 0 Å². The molecular formula is C13H12N2O4S. The second-order valence-electron chi connectivity index (χ2n) is 4.04. The fraction of sp³-hybridized carbons (Fsp3) is 0.0769. The number of hydrogen-bond donors (Lipinski definition) is 2. The maximum Gasteiger partial charge on any atom is 0.335 e. The van der Waals surface area contributed by atoms with Crippen molar-refractivity contribution in [2.45, 2.75) is 6.92 Å². The summed E-state index contributed by atoms with van der Waals surface area (Å²) in [6.07, 6.45) is 3.07. The lowest BCUT2D eigenvalue weighted by molar-refractivity contribution is 0.0697. The normalized spacial score (nSPS) is 11.9. The van der Waals surface area contributed by atoms with Crippen LogP contribution in [-0.4, -0.2) is 24.8 Å². The number of pyridine rings is 1. The van der Waals surface area contributed by atoms with Crippen molar-refractivity contribution in [2.75, 3.05) is 4.31 Å². The topological polar surface area (TPSA) is 90.7 Å². The van der Waals surface area contributed by atoms with Gasteiger partial charge in [0.05, 0.1) is 23.1 Å². The van der Waals surface area contributed by atoms with Crippen LogP contribution in [0.15, 0.2) is 42.7 Å². The molecule has 20 heavy (non-hydrogen) atoms. The number of anilines is 2. The van der Waals surface area contributed by atoms with E-state index in [4.69, 9.17) is 5.11 Å². The lowest BCUT2D eigenvalue weighted by atomic mass is 10.2. The van der Waals surface area contributed by atoms with E-state index >= 15 is 0 Å². The fourth-order valence-electron chi connectivity index (χ4n) is 1.72. The second-order valence-corrected chi connectivity index (χ2v) is 4.87. The van der Waals surface area contributed by atoms with Gasteiger partial charge in [0.15, 0.2) is 0 Å². The van der Waals surface area contributed by atoms with Crippen molar-refractivity contribution in [1.82, 2.24) is 4.98 Å². The molecule has 1 aromatic heterocycles. The first kappa shape index (κ1) is 14.2. The zero-order valence-corrected chi connectivity index (χ0v) is 11.4. The molecule has 2 N–H and O–H groups in total. The number of aryl methyl sites for hydroxylation is 1. The molecule has 6 nitrogen and oxygen atoms in total. The molecule has 0 aliphatic rings. The van der Waals surface area contributed by atoms with Gasteiger partial charge in [-0.1, -0.05) is 0 Å². The van der Waals surface area contributed by atoms with E-state index in [9.17, 15) is 13.6 Å². The van der Waals surface area contributed by atoms with Crippen LogP contribution in [0, 0.1) is 6.92 Å². The Morgan fingerprint density at radius 1 is 1.25 bits per heavy atom. The number of carboxylic acid groups (broad SMARTS) is 1. The average molecular weight is 292 g/mol. The molecule has 2 aromatic rings. The van der Waals surface area contributed by atoms with Crippen LogP contribution in [0.2, 0.25) is 0 Å². The van der Waals surface area contributed by atoms with Gasteiger partial charge in [0.2, 0.25) is 0 Å². The molecule has 0 bridgehead atoms. The van der Waals surface area contributed by atoms with Gasteiger partial charge in [0.25, 0.3) is 11.3 Å². The van der Waals surface area contributed by atoms with Crippen molar-refractivity contribution < 1.29 is 18.7 Å². The number of rotatable bonds is 4. The molecule has 0 saturated heterocycles. The number of carbonyl (C=O) groups is 1. The van der Waals surface area contributed by atoms with E-state index in [1.165, 1.54) is 34.8 Å². The van der Waals surface area contributed by atoms with E-state index in [-0.39, 0.29) is 5.56 Å². The fourth-order valence-corrected chi connectivity index (χ4v) is 2.38. The van der Waals surface area contributed by atoms with Crippen molar-refractivity contribution in [2.24, 2.45) is 0 Å². The Balaban J connectivity index is 2.47. The van der Waals surface area contributed by atoms with E-state index in [0.717, 1.165) is 5.56 Å². The molecule has 0 amide bonds. The second kappa shape index (κ2) is 5.81. The number of carboxylic acids is 1. The highest BCUT2D eigenvalue weighted by Gasteiger charge is 2.17. The maximum atomic E-state index is 11.6. The number of hydrogen-bond acceptors (Lipinski definition) is 3. The molecule has 0 radical (unpaired) electrons. The highest BCUT2D eigenvalue weighted by atomic mass is 32.2. The smallest absolute Gasteiger partial charge is 0.335 e. The van der Waals surface area contributed by atoms with E-state index < -0.39 is 17.2 Å². The van der Waals surface area contributed by atoms with E-state index in [1.54, 1.807) is 19.2 Å². The van der Waals surface area contributed by atoms with Gasteiger partial charge in [-0.25, -0.2) is 13.3 Å². The maximum absolute atomic E-state index is 11.6. The Hall–Kier alpha value is -2.25. The Morgan fingerprint density at radius 3 is 2.40 bits per heavy atom. The standard InChI is InChI=1S/C13H12N2O4S/c1-9-6-7-14-8-12(9)15(20(18)19)11-4-2-10(3-5-11)13(16)17/h2-8H,1H3,(H,16,17)(H,18,19). The Labute approximate surface area is 118 Å². The number of benzene rings is 1. The van der Waals surface area contributed by atoms with E-state index in [0.29, 0.717) is 11.4 Å². The van der Waals surface area contributed by atoms with Crippen LogP contribution in [-0.2, 0) is 11.3 Å². The van der Waals surface area contributed by atoms with Crippen molar-refractivity contribution in [3.8, 4) is 0 Å². The third kappa shape index (κ3) is 2.84. The first-order valence-electron chi connectivity index (χ1n) is 5.66. The molecular weight excluding hydrogens is 280 g/mol. The molecule has 0 spiro atoms. The molecule has 1 heterocycles.